The van der Waals surface area contributed by atoms with Gasteiger partial charge in [-0.1, -0.05) is 0 Å². The highest BCUT2D eigenvalue weighted by molar-refractivity contribution is 9.10. The van der Waals surface area contributed by atoms with Crippen LogP contribution in [-0.2, 0) is 0 Å². The number of rotatable bonds is 2. The van der Waals surface area contributed by atoms with Crippen LogP contribution in [0.1, 0.15) is 16.1 Å². The summed E-state index contributed by atoms with van der Waals surface area (Å²) in [7, 11) is 0. The summed E-state index contributed by atoms with van der Waals surface area (Å²) < 4.78 is 14.1. The molecule has 0 aliphatic rings. The molecule has 7 heteroatoms. The van der Waals surface area contributed by atoms with Gasteiger partial charge in [-0.15, -0.1) is 0 Å². The first-order valence-electron chi connectivity index (χ1n) is 4.88. The molecule has 0 bridgehead atoms. The molecule has 0 spiro atoms. The number of carbonyl (C=O) groups is 1. The number of nitrogens with one attached hydrogen (secondary N) is 1. The Labute approximate surface area is 109 Å². The Morgan fingerprint density at radius 3 is 2.72 bits per heavy atom. The SMILES string of the molecule is Cc1cc(-c2cc(C(=O)O)[nH]n2)c(F)c(O)c1Br. The van der Waals surface area contributed by atoms with Crippen LogP contribution in [0.15, 0.2) is 16.6 Å². The molecule has 0 saturated heterocycles. The summed E-state index contributed by atoms with van der Waals surface area (Å²) in [5.41, 5.74) is 0.626. The summed E-state index contributed by atoms with van der Waals surface area (Å²) in [5, 5.41) is 24.3. The second-order valence-electron chi connectivity index (χ2n) is 3.69. The van der Waals surface area contributed by atoms with Gasteiger partial charge in [-0.25, -0.2) is 9.18 Å². The minimum absolute atomic E-state index is 0.0388. The largest absolute Gasteiger partial charge is 0.504 e. The predicted molar refractivity (Wildman–Crippen MR) is 65.0 cm³/mol. The molecular weight excluding hydrogens is 307 g/mol. The third kappa shape index (κ3) is 1.97. The molecule has 0 radical (unpaired) electrons. The zero-order chi connectivity index (χ0) is 13.4. The van der Waals surface area contributed by atoms with Crippen LogP contribution < -0.4 is 0 Å². The molecule has 0 amide bonds. The minimum Gasteiger partial charge on any atom is -0.504 e. The third-order valence-corrected chi connectivity index (χ3v) is 3.44. The Balaban J connectivity index is 2.60. The number of halogens is 2. The molecule has 94 valence electrons. The number of phenolic OH excluding ortho intramolecular Hbond substituents is 1. The van der Waals surface area contributed by atoms with Crippen molar-refractivity contribution in [2.75, 3.05) is 0 Å². The number of phenols is 1. The molecule has 1 heterocycles. The van der Waals surface area contributed by atoms with E-state index in [2.05, 4.69) is 26.1 Å². The lowest BCUT2D eigenvalue weighted by atomic mass is 10.1. The number of aromatic hydroxyl groups is 1. The highest BCUT2D eigenvalue weighted by Crippen LogP contribution is 2.36. The molecule has 0 aliphatic heterocycles. The molecule has 2 aromatic rings. The number of nitrogens with zero attached hydrogens (tertiary/aromatic N) is 1. The van der Waals surface area contributed by atoms with E-state index in [0.717, 1.165) is 0 Å². The van der Waals surface area contributed by atoms with Crippen molar-refractivity contribution in [1.29, 1.82) is 0 Å². The predicted octanol–water partition coefficient (Wildman–Crippen LogP) is 2.69. The van der Waals surface area contributed by atoms with Crippen molar-refractivity contribution < 1.29 is 19.4 Å². The van der Waals surface area contributed by atoms with E-state index < -0.39 is 17.5 Å². The number of carboxylic acid groups (broad SMARTS) is 1. The van der Waals surface area contributed by atoms with Crippen LogP contribution in [0.25, 0.3) is 11.3 Å². The second kappa shape index (κ2) is 4.41. The number of aromatic amines is 1. The van der Waals surface area contributed by atoms with Gasteiger partial charge < -0.3 is 10.2 Å². The second-order valence-corrected chi connectivity index (χ2v) is 4.48. The Hall–Kier alpha value is -1.89. The van der Waals surface area contributed by atoms with Crippen molar-refractivity contribution in [3.8, 4) is 17.0 Å². The molecule has 0 saturated carbocycles. The van der Waals surface area contributed by atoms with Crippen molar-refractivity contribution in [3.05, 3.63) is 33.7 Å². The third-order valence-electron chi connectivity index (χ3n) is 2.44. The fourth-order valence-corrected chi connectivity index (χ4v) is 1.80. The summed E-state index contributed by atoms with van der Waals surface area (Å²) in [6.07, 6.45) is 0. The van der Waals surface area contributed by atoms with Gasteiger partial charge in [-0.3, -0.25) is 5.10 Å². The van der Waals surface area contributed by atoms with Crippen molar-refractivity contribution in [1.82, 2.24) is 10.2 Å². The molecule has 0 aliphatic carbocycles. The van der Waals surface area contributed by atoms with Crippen LogP contribution >= 0.6 is 15.9 Å². The molecule has 0 unspecified atom stereocenters. The Morgan fingerprint density at radius 2 is 2.17 bits per heavy atom. The van der Waals surface area contributed by atoms with Crippen molar-refractivity contribution >= 4 is 21.9 Å². The Morgan fingerprint density at radius 1 is 1.50 bits per heavy atom. The molecule has 1 aromatic heterocycles. The van der Waals surface area contributed by atoms with Crippen molar-refractivity contribution in [2.45, 2.75) is 6.92 Å². The average molecular weight is 315 g/mol. The van der Waals surface area contributed by atoms with E-state index in [1.165, 1.54) is 12.1 Å². The first kappa shape index (κ1) is 12.6. The van der Waals surface area contributed by atoms with Crippen LogP contribution in [0.3, 0.4) is 0 Å². The van der Waals surface area contributed by atoms with Crippen molar-refractivity contribution in [3.63, 3.8) is 0 Å². The summed E-state index contributed by atoms with van der Waals surface area (Å²) in [4.78, 5) is 10.7. The molecule has 18 heavy (non-hydrogen) atoms. The molecule has 0 fully saturated rings. The van der Waals surface area contributed by atoms with E-state index in [1.54, 1.807) is 6.92 Å². The molecule has 0 atom stereocenters. The van der Waals surface area contributed by atoms with E-state index in [0.29, 0.717) is 5.56 Å². The standard InChI is InChI=1S/C11H8BrFN2O3/c1-4-2-5(9(13)10(16)8(4)12)6-3-7(11(17)18)15-14-6/h2-3,16H,1H3,(H,14,15)(H,17,18). The number of aromatic nitrogens is 2. The Kier molecular flexibility index (Phi) is 3.08. The number of aromatic carboxylic acids is 1. The average Bonchev–Trinajstić information content (AvgIpc) is 2.80. The minimum atomic E-state index is -1.19. The maximum atomic E-state index is 13.9. The van der Waals surface area contributed by atoms with E-state index in [4.69, 9.17) is 5.11 Å². The lowest BCUT2D eigenvalue weighted by Crippen LogP contribution is -1.95. The first-order valence-corrected chi connectivity index (χ1v) is 5.67. The summed E-state index contributed by atoms with van der Waals surface area (Å²) in [6, 6.07) is 2.68. The number of hydrogen-bond acceptors (Lipinski definition) is 3. The molecule has 2 rings (SSSR count). The maximum Gasteiger partial charge on any atom is 0.353 e. The lowest BCUT2D eigenvalue weighted by Gasteiger charge is -2.07. The van der Waals surface area contributed by atoms with E-state index in [1.807, 2.05) is 0 Å². The highest BCUT2D eigenvalue weighted by Gasteiger charge is 2.18. The van der Waals surface area contributed by atoms with Gasteiger partial charge in [0, 0.05) is 5.56 Å². The number of aryl methyl sites for hydroxylation is 1. The number of H-pyrrole nitrogens is 1. The summed E-state index contributed by atoms with van der Waals surface area (Å²) >= 11 is 3.05. The van der Waals surface area contributed by atoms with E-state index in [9.17, 15) is 14.3 Å². The topological polar surface area (TPSA) is 86.2 Å². The fourth-order valence-electron chi connectivity index (χ4n) is 1.51. The van der Waals surface area contributed by atoms with E-state index in [-0.39, 0.29) is 21.4 Å². The van der Waals surface area contributed by atoms with Gasteiger partial charge in [0.05, 0.1) is 10.2 Å². The van der Waals surface area contributed by atoms with Gasteiger partial charge in [0.25, 0.3) is 0 Å². The molecule has 3 N–H and O–H groups in total. The zero-order valence-electron chi connectivity index (χ0n) is 9.16. The quantitative estimate of drug-likeness (QED) is 0.795. The summed E-state index contributed by atoms with van der Waals surface area (Å²) in [6.45, 7) is 1.68. The normalized spacial score (nSPS) is 10.6. The Bertz CT molecular complexity index is 639. The molecular formula is C11H8BrFN2O3. The number of hydrogen-bond donors (Lipinski definition) is 3. The lowest BCUT2D eigenvalue weighted by molar-refractivity contribution is 0.0690. The smallest absolute Gasteiger partial charge is 0.353 e. The zero-order valence-corrected chi connectivity index (χ0v) is 10.7. The maximum absolute atomic E-state index is 13.9. The van der Waals surface area contributed by atoms with Gasteiger partial charge in [-0.05, 0) is 40.5 Å². The van der Waals surface area contributed by atoms with E-state index >= 15 is 0 Å². The monoisotopic (exact) mass is 314 g/mol. The van der Waals surface area contributed by atoms with Crippen LogP contribution in [0.2, 0.25) is 0 Å². The number of benzene rings is 1. The van der Waals surface area contributed by atoms with Crippen molar-refractivity contribution in [2.24, 2.45) is 0 Å². The van der Waals surface area contributed by atoms with Crippen LogP contribution in [0.4, 0.5) is 4.39 Å². The van der Waals surface area contributed by atoms with Gasteiger partial charge in [0.15, 0.2) is 11.6 Å². The number of carboxylic acids is 1. The van der Waals surface area contributed by atoms with Crippen LogP contribution in [0.5, 0.6) is 5.75 Å². The van der Waals surface area contributed by atoms with Gasteiger partial charge in [0.1, 0.15) is 5.69 Å². The van der Waals surface area contributed by atoms with Crippen LogP contribution in [-0.4, -0.2) is 26.4 Å². The van der Waals surface area contributed by atoms with Gasteiger partial charge in [-0.2, -0.15) is 5.10 Å². The molecule has 1 aromatic carbocycles. The first-order chi connectivity index (χ1) is 8.41. The highest BCUT2D eigenvalue weighted by atomic mass is 79.9. The fraction of sp³-hybridized carbons (Fsp3) is 0.0909. The summed E-state index contributed by atoms with van der Waals surface area (Å²) in [5.74, 6) is -2.56. The van der Waals surface area contributed by atoms with Gasteiger partial charge >= 0.3 is 5.97 Å². The van der Waals surface area contributed by atoms with Gasteiger partial charge in [0.2, 0.25) is 0 Å². The van der Waals surface area contributed by atoms with Crippen LogP contribution in [0, 0.1) is 12.7 Å². The molecule has 5 nitrogen and oxygen atoms in total.